The van der Waals surface area contributed by atoms with Crippen LogP contribution in [0.3, 0.4) is 0 Å². The molecule has 11 nitrogen and oxygen atoms in total. The van der Waals surface area contributed by atoms with Gasteiger partial charge in [-0.3, -0.25) is 19.2 Å². The number of benzene rings is 2. The van der Waals surface area contributed by atoms with E-state index < -0.39 is 36.3 Å². The molecule has 0 spiro atoms. The molecule has 42 heavy (non-hydrogen) atoms. The van der Waals surface area contributed by atoms with Crippen molar-refractivity contribution < 1.29 is 23.7 Å². The molecular weight excluding hydrogens is 536 g/mol. The first-order chi connectivity index (χ1) is 20.2. The Labute approximate surface area is 244 Å². The van der Waals surface area contributed by atoms with Gasteiger partial charge in [0.15, 0.2) is 5.69 Å². The van der Waals surface area contributed by atoms with E-state index >= 15 is 0 Å². The van der Waals surface area contributed by atoms with E-state index in [0.717, 1.165) is 22.3 Å². The van der Waals surface area contributed by atoms with Crippen LogP contribution in [0.4, 0.5) is 0 Å². The number of nitrogens with one attached hydrogen (secondary N) is 4. The zero-order valence-electron chi connectivity index (χ0n) is 23.8. The summed E-state index contributed by atoms with van der Waals surface area (Å²) in [4.78, 5) is 50.2. The molecule has 1 aromatic heterocycles. The highest BCUT2D eigenvalue weighted by atomic mass is 16.5. The summed E-state index contributed by atoms with van der Waals surface area (Å²) in [7, 11) is 0. The average molecular weight is 573 g/mol. The Kier molecular flexibility index (Phi) is 10.3. The number of nitrogens with zero attached hydrogens (tertiary/aromatic N) is 2. The first-order valence-corrected chi connectivity index (χ1v) is 14.2. The molecule has 3 unspecified atom stereocenters. The molecule has 4 N–H and O–H groups in total. The quantitative estimate of drug-likeness (QED) is 0.290. The second-order valence-corrected chi connectivity index (χ2v) is 10.9. The van der Waals surface area contributed by atoms with E-state index in [9.17, 15) is 24.4 Å². The van der Waals surface area contributed by atoms with E-state index in [0.29, 0.717) is 18.7 Å². The predicted molar refractivity (Wildman–Crippen MR) is 155 cm³/mol. The third-order valence-electron chi connectivity index (χ3n) is 7.25. The highest BCUT2D eigenvalue weighted by Gasteiger charge is 2.29. The summed E-state index contributed by atoms with van der Waals surface area (Å²) in [5.74, 6) is -0.691. The van der Waals surface area contributed by atoms with Crippen LogP contribution in [0.25, 0.3) is 10.8 Å². The van der Waals surface area contributed by atoms with Gasteiger partial charge in [0.05, 0.1) is 12.6 Å². The van der Waals surface area contributed by atoms with Crippen molar-refractivity contribution in [3.05, 3.63) is 65.5 Å². The lowest BCUT2D eigenvalue weighted by molar-refractivity contribution is -0.127. The summed E-state index contributed by atoms with van der Waals surface area (Å²) in [6.07, 6.45) is 3.93. The molecule has 3 atom stereocenters. The van der Waals surface area contributed by atoms with Crippen molar-refractivity contribution >= 4 is 34.4 Å². The summed E-state index contributed by atoms with van der Waals surface area (Å²) in [6, 6.07) is 15.0. The average Bonchev–Trinajstić information content (AvgIpc) is 3.47. The van der Waals surface area contributed by atoms with Gasteiger partial charge in [-0.15, -0.1) is 0 Å². The first-order valence-electron chi connectivity index (χ1n) is 14.2. The number of aromatic nitrogens is 1. The van der Waals surface area contributed by atoms with Gasteiger partial charge in [0.25, 0.3) is 5.91 Å². The molecule has 0 radical (unpaired) electrons. The number of hydrogen-bond acceptors (Lipinski definition) is 7. The molecule has 4 amide bonds. The van der Waals surface area contributed by atoms with E-state index in [2.05, 4.69) is 33.3 Å². The molecule has 1 saturated heterocycles. The van der Waals surface area contributed by atoms with Crippen molar-refractivity contribution in [1.82, 2.24) is 26.4 Å². The summed E-state index contributed by atoms with van der Waals surface area (Å²) < 4.78 is 4.97. The standard InChI is InChI=1S/C27H28N6O5.C4H8/c1-16-11-23(33-38-16)27(37)32-22(13-18-7-4-6-17-5-2-3-8-21(17)18)26(36)30-15-24(34)31-20(14-28)12-19-9-10-29-25(19)35;1-4-2-3-4/h2-8,11,19-20,22H,9-10,12-13,15H2,1H3,(H,29,35)(H,30,36)(H,31,34)(H,32,37);4H,2-3H2,1H3. The van der Waals surface area contributed by atoms with Crippen LogP contribution in [0.2, 0.25) is 0 Å². The minimum absolute atomic E-state index is 0.0313. The highest BCUT2D eigenvalue weighted by Crippen LogP contribution is 2.26. The molecule has 1 aliphatic heterocycles. The van der Waals surface area contributed by atoms with Gasteiger partial charge in [-0.2, -0.15) is 5.26 Å². The summed E-state index contributed by atoms with van der Waals surface area (Å²) in [5.41, 5.74) is 0.868. The minimum atomic E-state index is -1.02. The van der Waals surface area contributed by atoms with Gasteiger partial charge in [0, 0.05) is 24.9 Å². The SMILES string of the molecule is CC1CC1.Cc1cc(C(=O)NC(Cc2cccc3ccccc23)C(=O)NCC(=O)NC(C#N)CC2CCNC2=O)no1. The van der Waals surface area contributed by atoms with Crippen LogP contribution in [0.1, 0.15) is 54.4 Å². The van der Waals surface area contributed by atoms with Gasteiger partial charge < -0.3 is 25.8 Å². The van der Waals surface area contributed by atoms with E-state index in [1.165, 1.54) is 18.9 Å². The Bertz CT molecular complexity index is 1470. The van der Waals surface area contributed by atoms with Crippen LogP contribution in [-0.2, 0) is 20.8 Å². The van der Waals surface area contributed by atoms with Crippen LogP contribution in [0.5, 0.6) is 0 Å². The van der Waals surface area contributed by atoms with Crippen LogP contribution < -0.4 is 21.3 Å². The predicted octanol–water partition coefficient (Wildman–Crippen LogP) is 2.54. The summed E-state index contributed by atoms with van der Waals surface area (Å²) >= 11 is 0. The number of fused-ring (bicyclic) bond motifs is 1. The van der Waals surface area contributed by atoms with Gasteiger partial charge in [-0.1, -0.05) is 67.4 Å². The number of carbonyl (C=O) groups excluding carboxylic acids is 4. The second kappa shape index (κ2) is 14.3. The minimum Gasteiger partial charge on any atom is -0.361 e. The van der Waals surface area contributed by atoms with Crippen LogP contribution in [0, 0.1) is 30.1 Å². The van der Waals surface area contributed by atoms with E-state index in [4.69, 9.17) is 4.52 Å². The zero-order chi connectivity index (χ0) is 30.1. The van der Waals surface area contributed by atoms with Gasteiger partial charge in [-0.25, -0.2) is 0 Å². The molecule has 3 aromatic rings. The topological polar surface area (TPSA) is 166 Å². The molecule has 2 aromatic carbocycles. The molecule has 220 valence electrons. The van der Waals surface area contributed by atoms with Crippen molar-refractivity contribution in [1.29, 1.82) is 5.26 Å². The number of nitriles is 1. The lowest BCUT2D eigenvalue weighted by atomic mass is 9.98. The Morgan fingerprint density at radius 3 is 2.50 bits per heavy atom. The van der Waals surface area contributed by atoms with Crippen LogP contribution >= 0.6 is 0 Å². The molecule has 2 fully saturated rings. The lowest BCUT2D eigenvalue weighted by Crippen LogP contribution is -2.51. The third-order valence-corrected chi connectivity index (χ3v) is 7.25. The van der Waals surface area contributed by atoms with E-state index in [1.54, 1.807) is 6.92 Å². The third kappa shape index (κ3) is 8.64. The Hall–Kier alpha value is -4.72. The maximum Gasteiger partial charge on any atom is 0.274 e. The maximum absolute atomic E-state index is 13.2. The summed E-state index contributed by atoms with van der Waals surface area (Å²) in [5, 5.41) is 25.5. The molecular formula is C31H36N6O5. The van der Waals surface area contributed by atoms with Gasteiger partial charge in [0.1, 0.15) is 17.8 Å². The number of hydrogen-bond donors (Lipinski definition) is 4. The van der Waals surface area contributed by atoms with Crippen molar-refractivity contribution in [2.45, 2.75) is 58.0 Å². The number of amides is 4. The van der Waals surface area contributed by atoms with Gasteiger partial charge in [-0.05, 0) is 42.0 Å². The van der Waals surface area contributed by atoms with Crippen molar-refractivity contribution in [3.63, 3.8) is 0 Å². The molecule has 1 saturated carbocycles. The highest BCUT2D eigenvalue weighted by molar-refractivity contribution is 5.97. The fourth-order valence-electron chi connectivity index (χ4n) is 4.61. The lowest BCUT2D eigenvalue weighted by Gasteiger charge is -2.19. The molecule has 5 rings (SSSR count). The molecule has 11 heteroatoms. The molecule has 2 aliphatic rings. The van der Waals surface area contributed by atoms with Crippen molar-refractivity contribution in [2.75, 3.05) is 13.1 Å². The maximum atomic E-state index is 13.2. The Morgan fingerprint density at radius 2 is 1.86 bits per heavy atom. The van der Waals surface area contributed by atoms with Crippen molar-refractivity contribution in [2.24, 2.45) is 11.8 Å². The summed E-state index contributed by atoms with van der Waals surface area (Å²) in [6.45, 7) is 4.07. The molecule has 1 aliphatic carbocycles. The Balaban J connectivity index is 0.000000932. The zero-order valence-corrected chi connectivity index (χ0v) is 23.8. The van der Waals surface area contributed by atoms with E-state index in [-0.39, 0.29) is 30.4 Å². The van der Waals surface area contributed by atoms with Gasteiger partial charge >= 0.3 is 0 Å². The van der Waals surface area contributed by atoms with E-state index in [1.807, 2.05) is 48.5 Å². The fraction of sp³-hybridized carbons (Fsp3) is 0.419. The largest absolute Gasteiger partial charge is 0.361 e. The number of aryl methyl sites for hydroxylation is 1. The molecule has 2 heterocycles. The smallest absolute Gasteiger partial charge is 0.274 e. The monoisotopic (exact) mass is 572 g/mol. The van der Waals surface area contributed by atoms with Crippen molar-refractivity contribution in [3.8, 4) is 6.07 Å². The molecule has 0 bridgehead atoms. The van der Waals surface area contributed by atoms with Crippen LogP contribution in [0.15, 0.2) is 53.1 Å². The van der Waals surface area contributed by atoms with Gasteiger partial charge in [0.2, 0.25) is 17.7 Å². The second-order valence-electron chi connectivity index (χ2n) is 10.9. The fourth-order valence-corrected chi connectivity index (χ4v) is 4.61. The normalized spacial score (nSPS) is 17.2. The van der Waals surface area contributed by atoms with Crippen LogP contribution in [-0.4, -0.2) is 54.0 Å². The Morgan fingerprint density at radius 1 is 1.12 bits per heavy atom. The number of carbonyl (C=O) groups is 4. The first kappa shape index (κ1) is 30.2. The number of rotatable bonds is 10.